The number of hydrogen-bond donors (Lipinski definition) is 1. The molecule has 0 saturated carbocycles. The van der Waals surface area contributed by atoms with E-state index in [4.69, 9.17) is 4.74 Å². The Labute approximate surface area is 120 Å². The Bertz CT molecular complexity index is 859. The van der Waals surface area contributed by atoms with E-state index in [1.54, 1.807) is 0 Å². The van der Waals surface area contributed by atoms with E-state index >= 15 is 0 Å². The summed E-state index contributed by atoms with van der Waals surface area (Å²) in [4.78, 5) is 16.7. The molecule has 3 aromatic rings. The number of ether oxygens (including phenoxy) is 1. The fourth-order valence-corrected chi connectivity index (χ4v) is 2.72. The molecule has 2 heterocycles. The van der Waals surface area contributed by atoms with Gasteiger partial charge in [-0.2, -0.15) is 0 Å². The summed E-state index contributed by atoms with van der Waals surface area (Å²) in [5.74, 6) is -0.506. The topological polar surface area (TPSA) is 59.4 Å². The molecular formula is C17H11NO3. The lowest BCUT2D eigenvalue weighted by molar-refractivity contribution is -0.0545. The van der Waals surface area contributed by atoms with Gasteiger partial charge in [-0.1, -0.05) is 48.5 Å². The average molecular weight is 277 g/mol. The molecule has 102 valence electrons. The van der Waals surface area contributed by atoms with Crippen molar-refractivity contribution in [3.63, 3.8) is 0 Å². The standard InChI is InChI=1S/C17H11NO3/c19-16-13-11-8-4-5-9-12(11)18-15(14(13)17(20)21-16)10-6-2-1-3-7-10/h1-9,17,20H. The van der Waals surface area contributed by atoms with Crippen LogP contribution >= 0.6 is 0 Å². The fourth-order valence-electron chi connectivity index (χ4n) is 2.72. The molecule has 0 amide bonds. The number of carbonyl (C=O) groups is 1. The SMILES string of the molecule is O=C1OC(O)c2c(-c3ccccc3)nc3ccccc3c21. The number of cyclic esters (lactones) is 1. The molecule has 4 heteroatoms. The van der Waals surface area contributed by atoms with Gasteiger partial charge in [0.15, 0.2) is 0 Å². The van der Waals surface area contributed by atoms with Crippen LogP contribution in [0.2, 0.25) is 0 Å². The summed E-state index contributed by atoms with van der Waals surface area (Å²) in [7, 11) is 0. The summed E-state index contributed by atoms with van der Waals surface area (Å²) in [6, 6.07) is 16.8. The van der Waals surface area contributed by atoms with Crippen LogP contribution in [0.5, 0.6) is 0 Å². The molecule has 2 aromatic carbocycles. The molecule has 0 radical (unpaired) electrons. The monoisotopic (exact) mass is 277 g/mol. The minimum absolute atomic E-state index is 0.409. The zero-order chi connectivity index (χ0) is 14.4. The van der Waals surface area contributed by atoms with Gasteiger partial charge in [-0.3, -0.25) is 0 Å². The van der Waals surface area contributed by atoms with Crippen LogP contribution < -0.4 is 0 Å². The molecule has 0 bridgehead atoms. The summed E-state index contributed by atoms with van der Waals surface area (Å²) < 4.78 is 4.98. The zero-order valence-corrected chi connectivity index (χ0v) is 11.0. The van der Waals surface area contributed by atoms with Crippen LogP contribution in [0.25, 0.3) is 22.2 Å². The van der Waals surface area contributed by atoms with Gasteiger partial charge in [0, 0.05) is 10.9 Å². The molecular weight excluding hydrogens is 266 g/mol. The molecule has 1 N–H and O–H groups in total. The Balaban J connectivity index is 2.13. The molecule has 0 spiro atoms. The van der Waals surface area contributed by atoms with Crippen LogP contribution in [0.1, 0.15) is 22.2 Å². The first-order chi connectivity index (χ1) is 10.3. The third-order valence-electron chi connectivity index (χ3n) is 3.65. The second-order valence-electron chi connectivity index (χ2n) is 4.89. The van der Waals surface area contributed by atoms with Crippen molar-refractivity contribution in [3.8, 4) is 11.3 Å². The highest BCUT2D eigenvalue weighted by Gasteiger charge is 2.35. The van der Waals surface area contributed by atoms with Crippen LogP contribution in [0.3, 0.4) is 0 Å². The largest absolute Gasteiger partial charge is 0.428 e. The van der Waals surface area contributed by atoms with Crippen LogP contribution in [0.4, 0.5) is 0 Å². The van der Waals surface area contributed by atoms with Crippen LogP contribution in [0.15, 0.2) is 54.6 Å². The molecule has 1 aliphatic heterocycles. The van der Waals surface area contributed by atoms with Gasteiger partial charge in [-0.15, -0.1) is 0 Å². The molecule has 1 atom stereocenters. The van der Waals surface area contributed by atoms with Gasteiger partial charge < -0.3 is 9.84 Å². The summed E-state index contributed by atoms with van der Waals surface area (Å²) in [6.07, 6.45) is -1.26. The highest BCUT2D eigenvalue weighted by Crippen LogP contribution is 2.39. The number of carbonyl (C=O) groups excluding carboxylic acids is 1. The van der Waals surface area contributed by atoms with E-state index in [0.29, 0.717) is 27.7 Å². The predicted molar refractivity (Wildman–Crippen MR) is 77.6 cm³/mol. The van der Waals surface area contributed by atoms with Gasteiger partial charge in [0.25, 0.3) is 0 Å². The Morgan fingerprint density at radius 3 is 2.52 bits per heavy atom. The van der Waals surface area contributed by atoms with E-state index in [-0.39, 0.29) is 0 Å². The third kappa shape index (κ3) is 1.73. The number of aliphatic hydroxyl groups is 1. The number of rotatable bonds is 1. The lowest BCUT2D eigenvalue weighted by atomic mass is 9.98. The molecule has 1 unspecified atom stereocenters. The first kappa shape index (κ1) is 12.1. The summed E-state index contributed by atoms with van der Waals surface area (Å²) in [6.45, 7) is 0. The number of nitrogens with zero attached hydrogens (tertiary/aromatic N) is 1. The second kappa shape index (κ2) is 4.40. The van der Waals surface area contributed by atoms with E-state index in [1.165, 1.54) is 0 Å². The third-order valence-corrected chi connectivity index (χ3v) is 3.65. The number of hydrogen-bond acceptors (Lipinski definition) is 4. The van der Waals surface area contributed by atoms with E-state index in [9.17, 15) is 9.90 Å². The Hall–Kier alpha value is -2.72. The smallest absolute Gasteiger partial charge is 0.341 e. The summed E-state index contributed by atoms with van der Waals surface area (Å²) in [5.41, 5.74) is 3.00. The maximum atomic E-state index is 12.1. The number of pyridine rings is 1. The van der Waals surface area contributed by atoms with E-state index in [0.717, 1.165) is 5.56 Å². The molecule has 1 aliphatic rings. The number of benzene rings is 2. The van der Waals surface area contributed by atoms with Gasteiger partial charge in [0.2, 0.25) is 6.29 Å². The number of esters is 1. The quantitative estimate of drug-likeness (QED) is 0.694. The number of para-hydroxylation sites is 1. The van der Waals surface area contributed by atoms with E-state index in [2.05, 4.69) is 4.98 Å². The normalized spacial score (nSPS) is 16.8. The van der Waals surface area contributed by atoms with E-state index < -0.39 is 12.3 Å². The van der Waals surface area contributed by atoms with Gasteiger partial charge in [-0.25, -0.2) is 9.78 Å². The van der Waals surface area contributed by atoms with Gasteiger partial charge >= 0.3 is 5.97 Å². The summed E-state index contributed by atoms with van der Waals surface area (Å²) >= 11 is 0. The highest BCUT2D eigenvalue weighted by atomic mass is 16.6. The minimum atomic E-state index is -1.26. The molecule has 21 heavy (non-hydrogen) atoms. The maximum Gasteiger partial charge on any atom is 0.341 e. The molecule has 4 rings (SSSR count). The molecule has 0 fully saturated rings. The fraction of sp³-hybridized carbons (Fsp3) is 0.0588. The highest BCUT2D eigenvalue weighted by molar-refractivity contribution is 6.08. The van der Waals surface area contributed by atoms with Crippen molar-refractivity contribution < 1.29 is 14.6 Å². The number of fused-ring (bicyclic) bond motifs is 3. The van der Waals surface area contributed by atoms with Crippen molar-refractivity contribution in [1.82, 2.24) is 4.98 Å². The lowest BCUT2D eigenvalue weighted by Crippen LogP contribution is -2.00. The molecule has 0 saturated heterocycles. The molecule has 4 nitrogen and oxygen atoms in total. The van der Waals surface area contributed by atoms with Crippen LogP contribution in [0, 0.1) is 0 Å². The van der Waals surface area contributed by atoms with Gasteiger partial charge in [-0.05, 0) is 6.07 Å². The first-order valence-electron chi connectivity index (χ1n) is 6.63. The summed E-state index contributed by atoms with van der Waals surface area (Å²) in [5, 5.41) is 10.8. The van der Waals surface area contributed by atoms with Crippen molar-refractivity contribution in [2.24, 2.45) is 0 Å². The Morgan fingerprint density at radius 2 is 1.71 bits per heavy atom. The second-order valence-corrected chi connectivity index (χ2v) is 4.89. The Kier molecular flexibility index (Phi) is 2.52. The van der Waals surface area contributed by atoms with Gasteiger partial charge in [0.1, 0.15) is 0 Å². The van der Waals surface area contributed by atoms with E-state index in [1.807, 2.05) is 54.6 Å². The Morgan fingerprint density at radius 1 is 1.00 bits per heavy atom. The van der Waals surface area contributed by atoms with Crippen LogP contribution in [-0.2, 0) is 4.74 Å². The maximum absolute atomic E-state index is 12.1. The van der Waals surface area contributed by atoms with Crippen LogP contribution in [-0.4, -0.2) is 16.1 Å². The van der Waals surface area contributed by atoms with Crippen molar-refractivity contribution in [2.45, 2.75) is 6.29 Å². The van der Waals surface area contributed by atoms with Crippen molar-refractivity contribution >= 4 is 16.9 Å². The lowest BCUT2D eigenvalue weighted by Gasteiger charge is -2.10. The predicted octanol–water partition coefficient (Wildman–Crippen LogP) is 3.06. The van der Waals surface area contributed by atoms with Gasteiger partial charge in [0.05, 0.1) is 22.3 Å². The zero-order valence-electron chi connectivity index (χ0n) is 11.0. The number of aliphatic hydroxyl groups excluding tert-OH is 1. The van der Waals surface area contributed by atoms with Crippen molar-refractivity contribution in [1.29, 1.82) is 0 Å². The number of aromatic nitrogens is 1. The van der Waals surface area contributed by atoms with Crippen molar-refractivity contribution in [2.75, 3.05) is 0 Å². The first-order valence-corrected chi connectivity index (χ1v) is 6.63. The molecule has 1 aromatic heterocycles. The van der Waals surface area contributed by atoms with Crippen molar-refractivity contribution in [3.05, 3.63) is 65.7 Å². The average Bonchev–Trinajstić information content (AvgIpc) is 2.83. The molecule has 0 aliphatic carbocycles. The minimum Gasteiger partial charge on any atom is -0.428 e.